The molecule has 1 aromatic heterocycles. The van der Waals surface area contributed by atoms with Crippen molar-refractivity contribution in [2.45, 2.75) is 20.5 Å². The molecule has 0 fully saturated rings. The molecule has 7 nitrogen and oxygen atoms in total. The Morgan fingerprint density at radius 1 is 1.14 bits per heavy atom. The minimum atomic E-state index is -0.405. The van der Waals surface area contributed by atoms with Gasteiger partial charge in [-0.15, -0.1) is 0 Å². The van der Waals surface area contributed by atoms with Gasteiger partial charge in [-0.25, -0.2) is 9.48 Å². The van der Waals surface area contributed by atoms with Gasteiger partial charge in [0.2, 0.25) is 0 Å². The van der Waals surface area contributed by atoms with E-state index in [4.69, 9.17) is 9.47 Å². The number of nitrogens with one attached hydrogen (secondary N) is 1. The zero-order valence-corrected chi connectivity index (χ0v) is 16.6. The molecule has 0 bridgehead atoms. The van der Waals surface area contributed by atoms with E-state index in [-0.39, 0.29) is 5.91 Å². The standard InChI is InChI=1S/C22H23N3O4/c1-4-29-22(27)20-13-23-25(15(20)2)19-7-5-6-18(12-19)24-21(26)17-10-8-16(9-11-17)14-28-3/h5-13H,4,14H2,1-3H3,(H,24,26). The molecule has 0 aliphatic rings. The number of carbonyl (C=O) groups is 2. The lowest BCUT2D eigenvalue weighted by Gasteiger charge is -2.10. The molecular formula is C22H23N3O4. The van der Waals surface area contributed by atoms with E-state index in [0.717, 1.165) is 11.3 Å². The largest absolute Gasteiger partial charge is 0.462 e. The van der Waals surface area contributed by atoms with Gasteiger partial charge in [-0.05, 0) is 49.7 Å². The molecule has 0 saturated heterocycles. The predicted octanol–water partition coefficient (Wildman–Crippen LogP) is 3.76. The highest BCUT2D eigenvalue weighted by atomic mass is 16.5. The minimum absolute atomic E-state index is 0.212. The maximum atomic E-state index is 12.5. The van der Waals surface area contributed by atoms with Crippen molar-refractivity contribution in [3.8, 4) is 5.69 Å². The first-order valence-electron chi connectivity index (χ1n) is 9.25. The van der Waals surface area contributed by atoms with Crippen LogP contribution in [0.15, 0.2) is 54.7 Å². The second-order valence-corrected chi connectivity index (χ2v) is 6.41. The van der Waals surface area contributed by atoms with E-state index in [1.165, 1.54) is 6.20 Å². The highest BCUT2D eigenvalue weighted by molar-refractivity contribution is 6.04. The molecule has 0 radical (unpaired) electrons. The van der Waals surface area contributed by atoms with Crippen LogP contribution in [0.3, 0.4) is 0 Å². The molecule has 1 heterocycles. The second-order valence-electron chi connectivity index (χ2n) is 6.41. The van der Waals surface area contributed by atoms with Gasteiger partial charge in [-0.1, -0.05) is 18.2 Å². The Hall–Kier alpha value is -3.45. The first-order chi connectivity index (χ1) is 14.0. The average molecular weight is 393 g/mol. The van der Waals surface area contributed by atoms with Gasteiger partial charge in [0.05, 0.1) is 30.8 Å². The summed E-state index contributed by atoms with van der Waals surface area (Å²) in [7, 11) is 1.63. The van der Waals surface area contributed by atoms with Crippen molar-refractivity contribution in [3.05, 3.63) is 77.1 Å². The average Bonchev–Trinajstić information content (AvgIpc) is 3.10. The van der Waals surface area contributed by atoms with E-state index in [1.807, 2.05) is 24.3 Å². The Bertz CT molecular complexity index is 1010. The Balaban J connectivity index is 1.78. The maximum Gasteiger partial charge on any atom is 0.341 e. The zero-order chi connectivity index (χ0) is 20.8. The van der Waals surface area contributed by atoms with E-state index in [9.17, 15) is 9.59 Å². The first-order valence-corrected chi connectivity index (χ1v) is 9.25. The zero-order valence-electron chi connectivity index (χ0n) is 16.6. The molecule has 150 valence electrons. The molecule has 1 amide bonds. The van der Waals surface area contributed by atoms with Crippen molar-refractivity contribution in [1.29, 1.82) is 0 Å². The lowest BCUT2D eigenvalue weighted by atomic mass is 10.1. The highest BCUT2D eigenvalue weighted by Crippen LogP contribution is 2.19. The second kappa shape index (κ2) is 9.16. The number of amides is 1. The SMILES string of the molecule is CCOC(=O)c1cnn(-c2cccc(NC(=O)c3ccc(COC)cc3)c2)c1C. The summed E-state index contributed by atoms with van der Waals surface area (Å²) in [6, 6.07) is 14.5. The fourth-order valence-electron chi connectivity index (χ4n) is 2.92. The topological polar surface area (TPSA) is 82.5 Å². The molecule has 1 N–H and O–H groups in total. The van der Waals surface area contributed by atoms with Crippen molar-refractivity contribution in [2.75, 3.05) is 19.0 Å². The highest BCUT2D eigenvalue weighted by Gasteiger charge is 2.16. The summed E-state index contributed by atoms with van der Waals surface area (Å²) in [5.41, 5.74) is 3.98. The van der Waals surface area contributed by atoms with Gasteiger partial charge in [0, 0.05) is 18.4 Å². The lowest BCUT2D eigenvalue weighted by Crippen LogP contribution is -2.12. The normalized spacial score (nSPS) is 10.6. The van der Waals surface area contributed by atoms with E-state index in [1.54, 1.807) is 49.9 Å². The quantitative estimate of drug-likeness (QED) is 0.618. The number of hydrogen-bond acceptors (Lipinski definition) is 5. The fraction of sp³-hybridized carbons (Fsp3) is 0.227. The van der Waals surface area contributed by atoms with Gasteiger partial charge in [0.25, 0.3) is 5.91 Å². The summed E-state index contributed by atoms with van der Waals surface area (Å²) in [6.45, 7) is 4.36. The Kier molecular flexibility index (Phi) is 6.41. The number of ether oxygens (including phenoxy) is 2. The monoisotopic (exact) mass is 393 g/mol. The Morgan fingerprint density at radius 2 is 1.90 bits per heavy atom. The van der Waals surface area contributed by atoms with Crippen LogP contribution in [0.5, 0.6) is 0 Å². The molecule has 3 rings (SSSR count). The number of carbonyl (C=O) groups excluding carboxylic acids is 2. The fourth-order valence-corrected chi connectivity index (χ4v) is 2.92. The molecule has 0 aliphatic carbocycles. The van der Waals surface area contributed by atoms with Gasteiger partial charge in [0.1, 0.15) is 5.56 Å². The van der Waals surface area contributed by atoms with Crippen molar-refractivity contribution in [1.82, 2.24) is 9.78 Å². The minimum Gasteiger partial charge on any atom is -0.462 e. The van der Waals surface area contributed by atoms with E-state index in [0.29, 0.717) is 35.7 Å². The number of benzene rings is 2. The van der Waals surface area contributed by atoms with Crippen molar-refractivity contribution in [3.63, 3.8) is 0 Å². The van der Waals surface area contributed by atoms with Crippen molar-refractivity contribution < 1.29 is 19.1 Å². The summed E-state index contributed by atoms with van der Waals surface area (Å²) in [6.07, 6.45) is 1.49. The molecule has 0 saturated carbocycles. The van der Waals surface area contributed by atoms with Crippen LogP contribution in [0.4, 0.5) is 5.69 Å². The lowest BCUT2D eigenvalue weighted by molar-refractivity contribution is 0.0525. The van der Waals surface area contributed by atoms with Gasteiger partial charge in [0.15, 0.2) is 0 Å². The van der Waals surface area contributed by atoms with Crippen LogP contribution in [-0.4, -0.2) is 35.4 Å². The van der Waals surface area contributed by atoms with Crippen LogP contribution < -0.4 is 5.32 Å². The number of anilines is 1. The van der Waals surface area contributed by atoms with Gasteiger partial charge in [-0.3, -0.25) is 4.79 Å². The van der Waals surface area contributed by atoms with Crippen molar-refractivity contribution in [2.24, 2.45) is 0 Å². The molecular weight excluding hydrogens is 370 g/mol. The van der Waals surface area contributed by atoms with Gasteiger partial charge >= 0.3 is 5.97 Å². The third kappa shape index (κ3) is 4.70. The van der Waals surface area contributed by atoms with Crippen molar-refractivity contribution >= 4 is 17.6 Å². The predicted molar refractivity (Wildman–Crippen MR) is 109 cm³/mol. The number of nitrogens with zero attached hydrogens (tertiary/aromatic N) is 2. The Morgan fingerprint density at radius 3 is 2.59 bits per heavy atom. The molecule has 3 aromatic rings. The van der Waals surface area contributed by atoms with Crippen LogP contribution in [0.25, 0.3) is 5.69 Å². The summed E-state index contributed by atoms with van der Waals surface area (Å²) in [5.74, 6) is -0.617. The molecule has 7 heteroatoms. The van der Waals surface area contributed by atoms with Crippen LogP contribution >= 0.6 is 0 Å². The van der Waals surface area contributed by atoms with E-state index in [2.05, 4.69) is 10.4 Å². The van der Waals surface area contributed by atoms with E-state index < -0.39 is 5.97 Å². The molecule has 0 unspecified atom stereocenters. The number of aromatic nitrogens is 2. The van der Waals surface area contributed by atoms with Gasteiger partial charge in [-0.2, -0.15) is 5.10 Å². The maximum absolute atomic E-state index is 12.5. The summed E-state index contributed by atoms with van der Waals surface area (Å²) < 4.78 is 11.8. The van der Waals surface area contributed by atoms with Gasteiger partial charge < -0.3 is 14.8 Å². The molecule has 0 aliphatic heterocycles. The third-order valence-electron chi connectivity index (χ3n) is 4.38. The summed E-state index contributed by atoms with van der Waals surface area (Å²) in [4.78, 5) is 24.5. The third-order valence-corrected chi connectivity index (χ3v) is 4.38. The van der Waals surface area contributed by atoms with E-state index >= 15 is 0 Å². The molecule has 0 atom stereocenters. The van der Waals surface area contributed by atoms with Crippen LogP contribution in [0.1, 0.15) is 38.9 Å². The summed E-state index contributed by atoms with van der Waals surface area (Å²) in [5, 5.41) is 7.17. The number of esters is 1. The Labute approximate surface area is 169 Å². The molecule has 29 heavy (non-hydrogen) atoms. The number of hydrogen-bond donors (Lipinski definition) is 1. The molecule has 0 spiro atoms. The smallest absolute Gasteiger partial charge is 0.341 e. The number of methoxy groups -OCH3 is 1. The van der Waals surface area contributed by atoms with Crippen LogP contribution in [0.2, 0.25) is 0 Å². The number of rotatable bonds is 7. The molecule has 2 aromatic carbocycles. The van der Waals surface area contributed by atoms with Crippen LogP contribution in [0, 0.1) is 6.92 Å². The summed E-state index contributed by atoms with van der Waals surface area (Å²) >= 11 is 0. The first kappa shape index (κ1) is 20.3. The van der Waals surface area contributed by atoms with Crippen LogP contribution in [-0.2, 0) is 16.1 Å².